The smallest absolute Gasteiger partial charge is 0.250 e. The zero-order valence-corrected chi connectivity index (χ0v) is 13.5. The van der Waals surface area contributed by atoms with E-state index < -0.39 is 10.0 Å². The topological polar surface area (TPSA) is 75.4 Å². The van der Waals surface area contributed by atoms with Crippen molar-refractivity contribution in [3.63, 3.8) is 0 Å². The van der Waals surface area contributed by atoms with Gasteiger partial charge in [0.25, 0.3) is 0 Å². The van der Waals surface area contributed by atoms with Crippen LogP contribution in [0.1, 0.15) is 31.7 Å². The van der Waals surface area contributed by atoms with Gasteiger partial charge >= 0.3 is 0 Å². The first-order valence-corrected chi connectivity index (χ1v) is 9.40. The number of nitrogens with one attached hydrogen (secondary N) is 1. The minimum absolute atomic E-state index is 0.0819. The molecule has 2 heterocycles. The van der Waals surface area contributed by atoms with Crippen molar-refractivity contribution in [1.29, 1.82) is 0 Å². The van der Waals surface area contributed by atoms with Crippen molar-refractivity contribution in [1.82, 2.24) is 9.62 Å². The molecule has 7 heteroatoms. The van der Waals surface area contributed by atoms with E-state index in [-0.39, 0.29) is 6.04 Å². The van der Waals surface area contributed by atoms with Crippen LogP contribution in [0.25, 0.3) is 0 Å². The monoisotopic (exact) mass is 317 g/mol. The van der Waals surface area contributed by atoms with Gasteiger partial charge in [0.2, 0.25) is 10.0 Å². The minimum atomic E-state index is -3.41. The molecular formula is C13H23N3O2S2. The van der Waals surface area contributed by atoms with Gasteiger partial charge in [0.15, 0.2) is 0 Å². The van der Waals surface area contributed by atoms with Gasteiger partial charge in [0.1, 0.15) is 4.21 Å². The van der Waals surface area contributed by atoms with Crippen molar-refractivity contribution >= 4 is 21.4 Å². The molecule has 0 amide bonds. The predicted molar refractivity (Wildman–Crippen MR) is 82.3 cm³/mol. The molecule has 1 atom stereocenters. The van der Waals surface area contributed by atoms with Gasteiger partial charge in [-0.05, 0) is 49.9 Å². The summed E-state index contributed by atoms with van der Waals surface area (Å²) < 4.78 is 27.6. The average Bonchev–Trinajstić information content (AvgIpc) is 2.88. The molecular weight excluding hydrogens is 294 g/mol. The summed E-state index contributed by atoms with van der Waals surface area (Å²) in [5, 5.41) is 1.80. The van der Waals surface area contributed by atoms with Gasteiger partial charge in [-0.2, -0.15) is 0 Å². The Balaban J connectivity index is 1.93. The molecule has 1 aliphatic heterocycles. The van der Waals surface area contributed by atoms with Gasteiger partial charge in [0, 0.05) is 19.1 Å². The normalized spacial score (nSPS) is 19.1. The molecule has 0 saturated carbocycles. The zero-order chi connectivity index (χ0) is 14.6. The fourth-order valence-electron chi connectivity index (χ4n) is 2.49. The third-order valence-corrected chi connectivity index (χ3v) is 6.55. The van der Waals surface area contributed by atoms with E-state index in [1.54, 1.807) is 11.4 Å². The molecule has 0 aliphatic carbocycles. The Morgan fingerprint density at radius 3 is 2.70 bits per heavy atom. The number of hydrogen-bond acceptors (Lipinski definition) is 5. The van der Waals surface area contributed by atoms with Crippen molar-refractivity contribution < 1.29 is 8.42 Å². The maximum absolute atomic E-state index is 12.3. The number of piperidine rings is 1. The average molecular weight is 317 g/mol. The van der Waals surface area contributed by atoms with Crippen LogP contribution in [-0.2, 0) is 16.6 Å². The van der Waals surface area contributed by atoms with Crippen LogP contribution in [0, 0.1) is 0 Å². The van der Waals surface area contributed by atoms with Crippen LogP contribution < -0.4 is 10.5 Å². The molecule has 114 valence electrons. The summed E-state index contributed by atoms with van der Waals surface area (Å²) in [5.41, 5.74) is 6.38. The lowest BCUT2D eigenvalue weighted by Crippen LogP contribution is -2.43. The van der Waals surface area contributed by atoms with E-state index in [0.29, 0.717) is 10.8 Å². The fourth-order valence-corrected chi connectivity index (χ4v) is 4.96. The highest BCUT2D eigenvalue weighted by Crippen LogP contribution is 2.20. The van der Waals surface area contributed by atoms with Crippen molar-refractivity contribution in [2.24, 2.45) is 5.73 Å². The number of thiophene rings is 1. The maximum Gasteiger partial charge on any atom is 0.250 e. The lowest BCUT2D eigenvalue weighted by Gasteiger charge is -2.29. The van der Waals surface area contributed by atoms with E-state index >= 15 is 0 Å². The number of rotatable bonds is 6. The lowest BCUT2D eigenvalue weighted by molar-refractivity contribution is 0.215. The second-order valence-corrected chi connectivity index (χ2v) is 8.21. The van der Waals surface area contributed by atoms with E-state index in [9.17, 15) is 8.42 Å². The summed E-state index contributed by atoms with van der Waals surface area (Å²) in [7, 11) is -3.41. The van der Waals surface area contributed by atoms with Crippen LogP contribution >= 0.6 is 11.3 Å². The quantitative estimate of drug-likeness (QED) is 0.831. The molecule has 3 N–H and O–H groups in total. The van der Waals surface area contributed by atoms with E-state index in [0.717, 1.165) is 25.2 Å². The number of nitrogens with two attached hydrogens (primary N) is 1. The summed E-state index contributed by atoms with van der Waals surface area (Å²) >= 11 is 1.23. The molecule has 5 nitrogen and oxygen atoms in total. The Labute approximate surface area is 125 Å². The van der Waals surface area contributed by atoms with E-state index in [1.165, 1.54) is 30.6 Å². The van der Waals surface area contributed by atoms with Crippen molar-refractivity contribution in [3.8, 4) is 0 Å². The lowest BCUT2D eigenvalue weighted by atomic mass is 10.1. The summed E-state index contributed by atoms with van der Waals surface area (Å²) in [6, 6.07) is 1.57. The van der Waals surface area contributed by atoms with Crippen LogP contribution in [0.5, 0.6) is 0 Å². The van der Waals surface area contributed by atoms with Gasteiger partial charge in [-0.3, -0.25) is 0 Å². The Kier molecular flexibility index (Phi) is 5.57. The Bertz CT molecular complexity index is 521. The molecule has 1 aromatic heterocycles. The SMILES string of the molecule is CC(CN1CCCCC1)NS(=O)(=O)c1cc(CN)cs1. The molecule has 0 aromatic carbocycles. The Hall–Kier alpha value is -0.470. The summed E-state index contributed by atoms with van der Waals surface area (Å²) in [6.07, 6.45) is 3.71. The molecule has 1 aliphatic rings. The number of hydrogen-bond donors (Lipinski definition) is 2. The van der Waals surface area contributed by atoms with Gasteiger partial charge in [-0.15, -0.1) is 11.3 Å². The second-order valence-electron chi connectivity index (χ2n) is 5.36. The first-order chi connectivity index (χ1) is 9.51. The van der Waals surface area contributed by atoms with E-state index in [2.05, 4.69) is 9.62 Å². The highest BCUT2D eigenvalue weighted by molar-refractivity contribution is 7.91. The predicted octanol–water partition coefficient (Wildman–Crippen LogP) is 1.36. The molecule has 0 spiro atoms. The highest BCUT2D eigenvalue weighted by atomic mass is 32.2. The summed E-state index contributed by atoms with van der Waals surface area (Å²) in [5.74, 6) is 0. The van der Waals surface area contributed by atoms with Gasteiger partial charge in [-0.1, -0.05) is 6.42 Å². The van der Waals surface area contributed by atoms with Crippen LogP contribution in [0.2, 0.25) is 0 Å². The summed E-state index contributed by atoms with van der Waals surface area (Å²) in [6.45, 7) is 5.21. The van der Waals surface area contributed by atoms with E-state index in [1.807, 2.05) is 6.92 Å². The first-order valence-electron chi connectivity index (χ1n) is 7.03. The van der Waals surface area contributed by atoms with Crippen LogP contribution in [0.15, 0.2) is 15.7 Å². The molecule has 1 saturated heterocycles. The van der Waals surface area contributed by atoms with Crippen LogP contribution in [0.4, 0.5) is 0 Å². The molecule has 1 unspecified atom stereocenters. The van der Waals surface area contributed by atoms with Gasteiger partial charge in [0.05, 0.1) is 0 Å². The third kappa shape index (κ3) is 4.26. The number of nitrogens with zero attached hydrogens (tertiary/aromatic N) is 1. The first kappa shape index (κ1) is 15.9. The standard InChI is InChI=1S/C13H23N3O2S2/c1-11(9-16-5-3-2-4-6-16)15-20(17,18)13-7-12(8-14)10-19-13/h7,10-11,15H,2-6,8-9,14H2,1H3. The van der Waals surface area contributed by atoms with Gasteiger partial charge in [-0.25, -0.2) is 13.1 Å². The third-order valence-electron chi connectivity index (χ3n) is 3.47. The van der Waals surface area contributed by atoms with Gasteiger partial charge < -0.3 is 10.6 Å². The molecule has 2 rings (SSSR count). The highest BCUT2D eigenvalue weighted by Gasteiger charge is 2.21. The Morgan fingerprint density at radius 1 is 1.40 bits per heavy atom. The number of sulfonamides is 1. The Morgan fingerprint density at radius 2 is 2.10 bits per heavy atom. The fraction of sp³-hybridized carbons (Fsp3) is 0.692. The molecule has 1 aromatic rings. The molecule has 1 fully saturated rings. The molecule has 0 radical (unpaired) electrons. The maximum atomic E-state index is 12.3. The summed E-state index contributed by atoms with van der Waals surface area (Å²) in [4.78, 5) is 2.33. The molecule has 20 heavy (non-hydrogen) atoms. The van der Waals surface area contributed by atoms with Crippen molar-refractivity contribution in [3.05, 3.63) is 17.0 Å². The minimum Gasteiger partial charge on any atom is -0.326 e. The van der Waals surface area contributed by atoms with E-state index in [4.69, 9.17) is 5.73 Å². The largest absolute Gasteiger partial charge is 0.326 e. The van der Waals surface area contributed by atoms with Crippen LogP contribution in [0.3, 0.4) is 0 Å². The van der Waals surface area contributed by atoms with Crippen molar-refractivity contribution in [2.75, 3.05) is 19.6 Å². The number of likely N-dealkylation sites (tertiary alicyclic amines) is 1. The zero-order valence-electron chi connectivity index (χ0n) is 11.8. The molecule has 0 bridgehead atoms. The van der Waals surface area contributed by atoms with Crippen molar-refractivity contribution in [2.45, 2.75) is 43.0 Å². The van der Waals surface area contributed by atoms with Crippen LogP contribution in [-0.4, -0.2) is 39.0 Å². The second kappa shape index (κ2) is 7.00.